The Kier molecular flexibility index (Phi) is 10.2. The summed E-state index contributed by atoms with van der Waals surface area (Å²) in [6.07, 6.45) is 2.40. The van der Waals surface area contributed by atoms with Crippen LogP contribution in [0.3, 0.4) is 0 Å². The van der Waals surface area contributed by atoms with E-state index in [9.17, 15) is 0 Å². The fraction of sp³-hybridized carbons (Fsp3) is 0.600. The molecule has 0 radical (unpaired) electrons. The third-order valence-electron chi connectivity index (χ3n) is 2.62. The lowest BCUT2D eigenvalue weighted by Gasteiger charge is -2.24. The lowest BCUT2D eigenvalue weighted by atomic mass is 10.1. The summed E-state index contributed by atoms with van der Waals surface area (Å²) in [6.45, 7) is 10.2. The van der Waals surface area contributed by atoms with Gasteiger partial charge in [0, 0.05) is 17.4 Å². The summed E-state index contributed by atoms with van der Waals surface area (Å²) in [5, 5.41) is 6.86. The van der Waals surface area contributed by atoms with Gasteiger partial charge in [-0.05, 0) is 50.2 Å². The first-order valence-electron chi connectivity index (χ1n) is 7.17. The lowest BCUT2D eigenvalue weighted by Crippen LogP contribution is -2.35. The molecule has 0 saturated carbocycles. The van der Waals surface area contributed by atoms with Crippen LogP contribution in [0, 0.1) is 0 Å². The molecule has 0 bridgehead atoms. The highest BCUT2D eigenvalue weighted by Crippen LogP contribution is 2.14. The molecule has 2 rings (SSSR count). The van der Waals surface area contributed by atoms with Gasteiger partial charge in [-0.1, -0.05) is 27.7 Å². The summed E-state index contributed by atoms with van der Waals surface area (Å²) >= 11 is 0. The first-order chi connectivity index (χ1) is 8.84. The molecule has 0 unspecified atom stereocenters. The Labute approximate surface area is 112 Å². The fourth-order valence-corrected chi connectivity index (χ4v) is 1.78. The molecule has 1 aliphatic heterocycles. The molecule has 3 heteroatoms. The zero-order valence-corrected chi connectivity index (χ0v) is 12.3. The second-order valence-corrected chi connectivity index (χ2v) is 3.79. The number of piperidine rings is 1. The predicted octanol–water partition coefficient (Wildman–Crippen LogP) is 3.49. The number of hydrogen-bond acceptors (Lipinski definition) is 3. The van der Waals surface area contributed by atoms with Crippen LogP contribution in [0.4, 0.5) is 11.4 Å². The van der Waals surface area contributed by atoms with Crippen molar-refractivity contribution in [3.05, 3.63) is 24.3 Å². The predicted molar refractivity (Wildman–Crippen MR) is 83.1 cm³/mol. The standard InChI is InChI=1S/C11H17N3.2C2H6/c12-9-1-3-10(4-2-9)14-11-5-7-13-8-6-11;2*1-2/h1-4,11,13-14H,5-8,12H2;2*1-2H3. The van der Waals surface area contributed by atoms with Crippen LogP contribution in [0.2, 0.25) is 0 Å². The van der Waals surface area contributed by atoms with Gasteiger partial charge >= 0.3 is 0 Å². The van der Waals surface area contributed by atoms with Gasteiger partial charge in [-0.15, -0.1) is 0 Å². The van der Waals surface area contributed by atoms with Crippen LogP contribution in [0.1, 0.15) is 40.5 Å². The number of nitrogens with two attached hydrogens (primary N) is 1. The largest absolute Gasteiger partial charge is 0.399 e. The van der Waals surface area contributed by atoms with Gasteiger partial charge in [-0.2, -0.15) is 0 Å². The van der Waals surface area contributed by atoms with Crippen molar-refractivity contribution in [2.24, 2.45) is 0 Å². The van der Waals surface area contributed by atoms with E-state index in [1.165, 1.54) is 18.5 Å². The summed E-state index contributed by atoms with van der Waals surface area (Å²) in [6, 6.07) is 8.56. The molecular weight excluding hydrogens is 222 g/mol. The van der Waals surface area contributed by atoms with E-state index in [0.717, 1.165) is 18.8 Å². The van der Waals surface area contributed by atoms with Gasteiger partial charge in [-0.25, -0.2) is 0 Å². The molecule has 1 aromatic carbocycles. The monoisotopic (exact) mass is 251 g/mol. The number of anilines is 2. The van der Waals surface area contributed by atoms with E-state index in [-0.39, 0.29) is 0 Å². The summed E-state index contributed by atoms with van der Waals surface area (Å²) in [5.74, 6) is 0. The Balaban J connectivity index is 0.000000659. The van der Waals surface area contributed by atoms with Crippen molar-refractivity contribution in [3.8, 4) is 0 Å². The smallest absolute Gasteiger partial charge is 0.0343 e. The number of rotatable bonds is 2. The van der Waals surface area contributed by atoms with E-state index in [1.54, 1.807) is 0 Å². The molecule has 1 fully saturated rings. The topological polar surface area (TPSA) is 50.1 Å². The molecule has 18 heavy (non-hydrogen) atoms. The van der Waals surface area contributed by atoms with Crippen LogP contribution in [0.25, 0.3) is 0 Å². The molecular formula is C15H29N3. The SMILES string of the molecule is CC.CC.Nc1ccc(NC2CCNCC2)cc1. The quantitative estimate of drug-likeness (QED) is 0.705. The van der Waals surface area contributed by atoms with Crippen LogP contribution < -0.4 is 16.4 Å². The number of nitrogens with one attached hydrogen (secondary N) is 2. The van der Waals surface area contributed by atoms with Crippen LogP contribution in [-0.4, -0.2) is 19.1 Å². The van der Waals surface area contributed by atoms with Crippen molar-refractivity contribution in [1.29, 1.82) is 0 Å². The average Bonchev–Trinajstić information content (AvgIpc) is 2.47. The van der Waals surface area contributed by atoms with Gasteiger partial charge in [0.2, 0.25) is 0 Å². The first kappa shape index (κ1) is 16.8. The zero-order valence-electron chi connectivity index (χ0n) is 12.3. The average molecular weight is 251 g/mol. The van der Waals surface area contributed by atoms with Gasteiger partial charge < -0.3 is 16.4 Å². The highest BCUT2D eigenvalue weighted by atomic mass is 15.0. The van der Waals surface area contributed by atoms with Gasteiger partial charge in [0.05, 0.1) is 0 Å². The van der Waals surface area contributed by atoms with Gasteiger partial charge in [0.1, 0.15) is 0 Å². The maximum absolute atomic E-state index is 5.62. The van der Waals surface area contributed by atoms with E-state index in [2.05, 4.69) is 10.6 Å². The van der Waals surface area contributed by atoms with Crippen molar-refractivity contribution in [1.82, 2.24) is 5.32 Å². The van der Waals surface area contributed by atoms with Crippen molar-refractivity contribution in [3.63, 3.8) is 0 Å². The van der Waals surface area contributed by atoms with E-state index >= 15 is 0 Å². The lowest BCUT2D eigenvalue weighted by molar-refractivity contribution is 0.479. The maximum atomic E-state index is 5.62. The van der Waals surface area contributed by atoms with E-state index < -0.39 is 0 Å². The normalized spacial score (nSPS) is 14.7. The molecule has 104 valence electrons. The summed E-state index contributed by atoms with van der Waals surface area (Å²) in [7, 11) is 0. The molecule has 0 atom stereocenters. The Bertz CT molecular complexity index is 276. The van der Waals surface area contributed by atoms with Crippen LogP contribution in [0.5, 0.6) is 0 Å². The first-order valence-corrected chi connectivity index (χ1v) is 7.17. The fourth-order valence-electron chi connectivity index (χ4n) is 1.78. The molecule has 0 aliphatic carbocycles. The van der Waals surface area contributed by atoms with Crippen molar-refractivity contribution >= 4 is 11.4 Å². The maximum Gasteiger partial charge on any atom is 0.0343 e. The van der Waals surface area contributed by atoms with Gasteiger partial charge in [-0.3, -0.25) is 0 Å². The Hall–Kier alpha value is -1.22. The third-order valence-corrected chi connectivity index (χ3v) is 2.62. The molecule has 1 saturated heterocycles. The van der Waals surface area contributed by atoms with Gasteiger partial charge in [0.25, 0.3) is 0 Å². The minimum Gasteiger partial charge on any atom is -0.399 e. The van der Waals surface area contributed by atoms with Crippen LogP contribution in [0.15, 0.2) is 24.3 Å². The van der Waals surface area contributed by atoms with Crippen LogP contribution in [-0.2, 0) is 0 Å². The summed E-state index contributed by atoms with van der Waals surface area (Å²) in [4.78, 5) is 0. The summed E-state index contributed by atoms with van der Waals surface area (Å²) in [5.41, 5.74) is 7.61. The minimum absolute atomic E-state index is 0.611. The summed E-state index contributed by atoms with van der Waals surface area (Å²) < 4.78 is 0. The Morgan fingerprint density at radius 3 is 2.00 bits per heavy atom. The zero-order chi connectivity index (χ0) is 13.8. The second-order valence-electron chi connectivity index (χ2n) is 3.79. The van der Waals surface area contributed by atoms with E-state index in [0.29, 0.717) is 6.04 Å². The van der Waals surface area contributed by atoms with Crippen molar-refractivity contribution in [2.45, 2.75) is 46.6 Å². The Morgan fingerprint density at radius 1 is 1.00 bits per heavy atom. The molecule has 0 aromatic heterocycles. The minimum atomic E-state index is 0.611. The van der Waals surface area contributed by atoms with E-state index in [4.69, 9.17) is 5.73 Å². The highest BCUT2D eigenvalue weighted by Gasteiger charge is 2.11. The van der Waals surface area contributed by atoms with Crippen LogP contribution >= 0.6 is 0 Å². The molecule has 1 heterocycles. The molecule has 0 amide bonds. The molecule has 3 nitrogen and oxygen atoms in total. The second kappa shape index (κ2) is 10.9. The van der Waals surface area contributed by atoms with E-state index in [1.807, 2.05) is 52.0 Å². The van der Waals surface area contributed by atoms with Crippen molar-refractivity contribution in [2.75, 3.05) is 24.1 Å². The highest BCUT2D eigenvalue weighted by molar-refractivity contribution is 5.51. The molecule has 1 aromatic rings. The molecule has 0 spiro atoms. The molecule has 4 N–H and O–H groups in total. The third kappa shape index (κ3) is 6.50. The number of benzene rings is 1. The number of nitrogen functional groups attached to an aromatic ring is 1. The molecule has 1 aliphatic rings. The Morgan fingerprint density at radius 2 is 1.50 bits per heavy atom. The van der Waals surface area contributed by atoms with Gasteiger partial charge in [0.15, 0.2) is 0 Å². The van der Waals surface area contributed by atoms with Crippen molar-refractivity contribution < 1.29 is 0 Å². The number of hydrogen-bond donors (Lipinski definition) is 3.